The number of morpholine rings is 1. The van der Waals surface area contributed by atoms with Crippen molar-refractivity contribution in [3.63, 3.8) is 0 Å². The minimum absolute atomic E-state index is 0.00498. The second-order valence-electron chi connectivity index (χ2n) is 17.3. The predicted octanol–water partition coefficient (Wildman–Crippen LogP) is 4.54. The molecule has 3 aromatic carbocycles. The summed E-state index contributed by atoms with van der Waals surface area (Å²) < 4.78 is 53.7. The van der Waals surface area contributed by atoms with Gasteiger partial charge in [-0.05, 0) is 94.9 Å². The number of para-hydroxylation sites is 2. The van der Waals surface area contributed by atoms with Gasteiger partial charge in [0.15, 0.2) is 5.13 Å². The molecule has 2 aliphatic heterocycles. The van der Waals surface area contributed by atoms with Gasteiger partial charge in [-0.25, -0.2) is 18.1 Å². The van der Waals surface area contributed by atoms with Crippen LogP contribution in [0.25, 0.3) is 33.2 Å². The lowest BCUT2D eigenvalue weighted by molar-refractivity contribution is -0.135. The Kier molecular flexibility index (Phi) is 14.6. The summed E-state index contributed by atoms with van der Waals surface area (Å²) >= 11 is 1.16. The molecule has 0 radical (unpaired) electrons. The second-order valence-corrected chi connectivity index (χ2v) is 20.1. The molecule has 4 amide bonds. The number of aromatic nitrogens is 4. The molecule has 8 rings (SSSR count). The van der Waals surface area contributed by atoms with Crippen LogP contribution in [0.15, 0.2) is 77.0 Å². The Morgan fingerprint density at radius 1 is 0.985 bits per heavy atom. The van der Waals surface area contributed by atoms with E-state index in [9.17, 15) is 36.8 Å². The third kappa shape index (κ3) is 10.4. The number of carbonyl (C=O) groups excluding carboxylic acids is 4. The molecule has 0 aliphatic carbocycles. The summed E-state index contributed by atoms with van der Waals surface area (Å²) in [5.41, 5.74) is 4.22. The monoisotopic (exact) mass is 970 g/mol. The van der Waals surface area contributed by atoms with E-state index in [0.29, 0.717) is 78.8 Å². The molecule has 0 bridgehead atoms. The van der Waals surface area contributed by atoms with Crippen LogP contribution >= 0.6 is 11.3 Å². The van der Waals surface area contributed by atoms with E-state index in [-0.39, 0.29) is 53.9 Å². The van der Waals surface area contributed by atoms with Crippen molar-refractivity contribution in [1.82, 2.24) is 38.3 Å². The number of hydrogen-bond donors (Lipinski definition) is 4. The smallest absolute Gasteiger partial charge is 0.329 e. The zero-order valence-corrected chi connectivity index (χ0v) is 39.9. The van der Waals surface area contributed by atoms with Gasteiger partial charge in [0.1, 0.15) is 11.9 Å². The first kappa shape index (κ1) is 48.2. The lowest BCUT2D eigenvalue weighted by atomic mass is 10.0. The lowest BCUT2D eigenvalue weighted by Gasteiger charge is -2.37. The first-order valence-electron chi connectivity index (χ1n) is 22.6. The normalized spacial score (nSPS) is 17.9. The standard InChI is InChI=1S/C47H55FN10O8S2/c1-29-25-56(26-30(2)66-29)34-22-32(21-33(48)23-34)37-28-67-46(51-37)53-42(60)24-50-44(61)36-27-57(38-14-6-5-13-35(36)38)68(64,65)54(3)20-8-7-18-49-19-10-12-31-11-9-15-39-43(31)55(4)47(63)58(39)40-16-17-41(59)52-45(40)62/h5-6,9,11,13-15,21-23,27-30,40,49H,7-8,10,12,16-20,24-26H2,1-4H3,(H,50,61)(H,51,53,60)(H,52,59,62)/t29-,30+,40?. The van der Waals surface area contributed by atoms with E-state index in [2.05, 4.69) is 31.2 Å². The number of unbranched alkanes of at least 4 members (excludes halogenated alkanes) is 1. The molecule has 1 unspecified atom stereocenters. The number of imide groups is 1. The van der Waals surface area contributed by atoms with Crippen LogP contribution in [0.1, 0.15) is 67.9 Å². The summed E-state index contributed by atoms with van der Waals surface area (Å²) in [4.78, 5) is 70.6. The van der Waals surface area contributed by atoms with Crippen molar-refractivity contribution in [2.45, 2.75) is 70.6 Å². The van der Waals surface area contributed by atoms with Crippen LogP contribution in [0, 0.1) is 5.82 Å². The third-order valence-electron chi connectivity index (χ3n) is 12.3. The van der Waals surface area contributed by atoms with Gasteiger partial charge in [-0.1, -0.05) is 30.3 Å². The predicted molar refractivity (Wildman–Crippen MR) is 259 cm³/mol. The summed E-state index contributed by atoms with van der Waals surface area (Å²) in [5.74, 6) is -2.41. The zero-order chi connectivity index (χ0) is 48.3. The van der Waals surface area contributed by atoms with E-state index in [1.54, 1.807) is 41.3 Å². The van der Waals surface area contributed by atoms with E-state index < -0.39 is 46.3 Å². The van der Waals surface area contributed by atoms with Crippen LogP contribution < -0.4 is 31.9 Å². The maximum absolute atomic E-state index is 14.8. The molecule has 18 nitrogen and oxygen atoms in total. The van der Waals surface area contributed by atoms with Gasteiger partial charge in [-0.15, -0.1) is 11.3 Å². The van der Waals surface area contributed by atoms with E-state index >= 15 is 0 Å². The number of halogens is 1. The number of carbonyl (C=O) groups is 4. The Bertz CT molecular complexity index is 3040. The molecule has 2 saturated heterocycles. The van der Waals surface area contributed by atoms with Gasteiger partial charge in [0.05, 0.1) is 46.6 Å². The van der Waals surface area contributed by atoms with Gasteiger partial charge < -0.3 is 25.6 Å². The van der Waals surface area contributed by atoms with E-state index in [0.717, 1.165) is 32.8 Å². The number of nitrogens with one attached hydrogen (secondary N) is 4. The molecule has 21 heteroatoms. The van der Waals surface area contributed by atoms with Crippen LogP contribution in [-0.2, 0) is 42.8 Å². The number of aryl methyl sites for hydroxylation is 2. The SMILES string of the molecule is C[C@@H]1CN(c2cc(F)cc(-c3csc(NC(=O)CNC(=O)c4cn(S(=O)(=O)N(C)CCCCNCCCc5cccc6c5n(C)c(=O)n6C5CCC(=O)NC5=O)c5ccccc45)n3)c2)C[C@H](C)O1. The lowest BCUT2D eigenvalue weighted by Crippen LogP contribution is -2.45. The van der Waals surface area contributed by atoms with Crippen molar-refractivity contribution in [3.05, 3.63) is 99.7 Å². The number of imidazole rings is 1. The minimum Gasteiger partial charge on any atom is -0.372 e. The van der Waals surface area contributed by atoms with E-state index in [1.807, 2.05) is 38.1 Å². The highest BCUT2D eigenvalue weighted by Crippen LogP contribution is 2.31. The zero-order valence-electron chi connectivity index (χ0n) is 38.3. The highest BCUT2D eigenvalue weighted by atomic mass is 32.2. The first-order chi connectivity index (χ1) is 32.6. The fourth-order valence-electron chi connectivity index (χ4n) is 9.03. The Labute approximate surface area is 396 Å². The van der Waals surface area contributed by atoms with E-state index in [1.165, 1.54) is 34.2 Å². The maximum Gasteiger partial charge on any atom is 0.329 e. The summed E-state index contributed by atoms with van der Waals surface area (Å²) in [6.07, 6.45) is 4.41. The number of fused-ring (bicyclic) bond motifs is 2. The van der Waals surface area contributed by atoms with Gasteiger partial charge in [0.2, 0.25) is 17.7 Å². The molecule has 4 N–H and O–H groups in total. The average molecular weight is 971 g/mol. The fourth-order valence-corrected chi connectivity index (χ4v) is 11.1. The number of thiazole rings is 1. The highest BCUT2D eigenvalue weighted by molar-refractivity contribution is 7.87. The van der Waals surface area contributed by atoms with Crippen molar-refractivity contribution in [1.29, 1.82) is 0 Å². The highest BCUT2D eigenvalue weighted by Gasteiger charge is 2.32. The molecule has 0 saturated carbocycles. The Hall–Kier alpha value is -6.26. The van der Waals surface area contributed by atoms with Gasteiger partial charge >= 0.3 is 15.9 Å². The number of piperidine rings is 1. The van der Waals surface area contributed by atoms with Crippen molar-refractivity contribution >= 4 is 77.9 Å². The van der Waals surface area contributed by atoms with Crippen molar-refractivity contribution in [2.75, 3.05) is 56.5 Å². The van der Waals surface area contributed by atoms with Gasteiger partial charge in [0, 0.05) is 68.4 Å². The summed E-state index contributed by atoms with van der Waals surface area (Å²) in [6, 6.07) is 16.3. The molecule has 5 heterocycles. The van der Waals surface area contributed by atoms with Gasteiger partial charge in [-0.2, -0.15) is 12.7 Å². The quantitative estimate of drug-likeness (QED) is 0.0694. The Morgan fingerprint density at radius 2 is 1.74 bits per heavy atom. The number of anilines is 2. The number of ether oxygens (including phenoxy) is 1. The van der Waals surface area contributed by atoms with Crippen molar-refractivity contribution in [2.24, 2.45) is 7.05 Å². The molecule has 3 aromatic heterocycles. The van der Waals surface area contributed by atoms with Gasteiger partial charge in [0.25, 0.3) is 5.91 Å². The van der Waals surface area contributed by atoms with Crippen molar-refractivity contribution in [3.8, 4) is 11.3 Å². The summed E-state index contributed by atoms with van der Waals surface area (Å²) in [5, 5.41) is 13.4. The molecular weight excluding hydrogens is 916 g/mol. The molecule has 6 aromatic rings. The second kappa shape index (κ2) is 20.5. The molecule has 360 valence electrons. The molecule has 2 aliphatic rings. The number of rotatable bonds is 18. The molecule has 3 atom stereocenters. The van der Waals surface area contributed by atoms with E-state index in [4.69, 9.17) is 4.74 Å². The Balaban J connectivity index is 0.806. The van der Waals surface area contributed by atoms with Crippen LogP contribution in [0.3, 0.4) is 0 Å². The molecule has 68 heavy (non-hydrogen) atoms. The number of amides is 4. The molecule has 0 spiro atoms. The number of benzene rings is 3. The van der Waals surface area contributed by atoms with Crippen LogP contribution in [0.5, 0.6) is 0 Å². The summed E-state index contributed by atoms with van der Waals surface area (Å²) in [7, 11) is -0.910. The average Bonchev–Trinajstić information content (AvgIpc) is 4.01. The first-order valence-corrected chi connectivity index (χ1v) is 24.9. The Morgan fingerprint density at radius 3 is 2.51 bits per heavy atom. The summed E-state index contributed by atoms with van der Waals surface area (Å²) in [6.45, 7) is 6.35. The molecule has 2 fully saturated rings. The number of hydrogen-bond acceptors (Lipinski definition) is 12. The largest absolute Gasteiger partial charge is 0.372 e. The van der Waals surface area contributed by atoms with Crippen molar-refractivity contribution < 1.29 is 36.7 Å². The maximum atomic E-state index is 14.8. The number of nitrogens with zero attached hydrogens (tertiary/aromatic N) is 6. The topological polar surface area (TPSA) is 211 Å². The molecular formula is C47H55FN10O8S2. The van der Waals surface area contributed by atoms with Crippen LogP contribution in [-0.4, -0.2) is 113 Å². The van der Waals surface area contributed by atoms with Gasteiger partial charge in [-0.3, -0.25) is 33.6 Å². The third-order valence-corrected chi connectivity index (χ3v) is 14.8. The van der Waals surface area contributed by atoms with Crippen LogP contribution in [0.2, 0.25) is 0 Å². The fraction of sp³-hybridized carbons (Fsp3) is 0.404. The minimum atomic E-state index is -4.09. The van der Waals surface area contributed by atoms with Crippen LogP contribution in [0.4, 0.5) is 15.2 Å².